The highest BCUT2D eigenvalue weighted by Gasteiger charge is 2.14. The molecular weight excluding hydrogens is 322 g/mol. The van der Waals surface area contributed by atoms with Crippen LogP contribution in [0.3, 0.4) is 0 Å². The SMILES string of the molecule is Cc1cc2c(c(C)n1)c(=O)cc(Nc1ccccc1)n2-c1ccccc1. The molecule has 0 unspecified atom stereocenters. The predicted octanol–water partition coefficient (Wildman–Crippen LogP) is 4.75. The van der Waals surface area contributed by atoms with E-state index in [1.807, 2.05) is 80.6 Å². The first-order valence-electron chi connectivity index (χ1n) is 8.55. The maximum Gasteiger partial charge on any atom is 0.193 e. The number of fused-ring (bicyclic) bond motifs is 1. The largest absolute Gasteiger partial charge is 0.341 e. The van der Waals surface area contributed by atoms with Gasteiger partial charge in [0, 0.05) is 23.1 Å². The molecule has 0 aliphatic rings. The van der Waals surface area contributed by atoms with E-state index < -0.39 is 0 Å². The number of aryl methyl sites for hydroxylation is 2. The Morgan fingerprint density at radius 2 is 1.54 bits per heavy atom. The molecule has 2 heterocycles. The summed E-state index contributed by atoms with van der Waals surface area (Å²) in [6, 6.07) is 23.5. The van der Waals surface area contributed by atoms with E-state index in [1.165, 1.54) is 0 Å². The Hall–Kier alpha value is -3.40. The molecule has 128 valence electrons. The second kappa shape index (κ2) is 6.48. The Balaban J connectivity index is 2.06. The van der Waals surface area contributed by atoms with Gasteiger partial charge in [0.25, 0.3) is 0 Å². The van der Waals surface area contributed by atoms with Crippen molar-refractivity contribution < 1.29 is 0 Å². The number of pyridine rings is 2. The summed E-state index contributed by atoms with van der Waals surface area (Å²) >= 11 is 0. The monoisotopic (exact) mass is 341 g/mol. The Morgan fingerprint density at radius 3 is 2.23 bits per heavy atom. The third-order valence-electron chi connectivity index (χ3n) is 4.36. The molecule has 4 nitrogen and oxygen atoms in total. The first-order chi connectivity index (χ1) is 12.6. The predicted molar refractivity (Wildman–Crippen MR) is 107 cm³/mol. The van der Waals surface area contributed by atoms with Crippen molar-refractivity contribution in [1.29, 1.82) is 0 Å². The zero-order chi connectivity index (χ0) is 18.1. The van der Waals surface area contributed by atoms with Gasteiger partial charge in [0.15, 0.2) is 5.43 Å². The van der Waals surface area contributed by atoms with Gasteiger partial charge in [-0.25, -0.2) is 0 Å². The molecule has 0 atom stereocenters. The highest BCUT2D eigenvalue weighted by molar-refractivity contribution is 5.86. The average Bonchev–Trinajstić information content (AvgIpc) is 2.62. The maximum absolute atomic E-state index is 12.8. The smallest absolute Gasteiger partial charge is 0.193 e. The highest BCUT2D eigenvalue weighted by atomic mass is 16.1. The van der Waals surface area contributed by atoms with Crippen molar-refractivity contribution in [3.63, 3.8) is 0 Å². The van der Waals surface area contributed by atoms with Gasteiger partial charge < -0.3 is 5.32 Å². The van der Waals surface area contributed by atoms with Crippen molar-refractivity contribution in [2.75, 3.05) is 5.32 Å². The lowest BCUT2D eigenvalue weighted by atomic mass is 10.1. The molecule has 0 fully saturated rings. The van der Waals surface area contributed by atoms with Crippen LogP contribution in [-0.4, -0.2) is 9.55 Å². The third-order valence-corrected chi connectivity index (χ3v) is 4.36. The van der Waals surface area contributed by atoms with Gasteiger partial charge in [-0.15, -0.1) is 0 Å². The Labute approximate surface area is 151 Å². The molecule has 1 N–H and O–H groups in total. The van der Waals surface area contributed by atoms with E-state index in [4.69, 9.17) is 0 Å². The molecule has 0 saturated carbocycles. The molecule has 2 aromatic heterocycles. The summed E-state index contributed by atoms with van der Waals surface area (Å²) in [6.07, 6.45) is 0. The zero-order valence-corrected chi connectivity index (χ0v) is 14.7. The van der Waals surface area contributed by atoms with Gasteiger partial charge in [-0.2, -0.15) is 0 Å². The fraction of sp³-hybridized carbons (Fsp3) is 0.0909. The molecule has 0 spiro atoms. The zero-order valence-electron chi connectivity index (χ0n) is 14.7. The van der Waals surface area contributed by atoms with Crippen LogP contribution in [0.15, 0.2) is 77.6 Å². The van der Waals surface area contributed by atoms with Crippen LogP contribution in [-0.2, 0) is 0 Å². The Morgan fingerprint density at radius 1 is 0.885 bits per heavy atom. The molecule has 4 rings (SSSR count). The molecular formula is C22H19N3O. The lowest BCUT2D eigenvalue weighted by molar-refractivity contribution is 1.07. The topological polar surface area (TPSA) is 46.9 Å². The second-order valence-electron chi connectivity index (χ2n) is 6.30. The molecule has 0 aliphatic heterocycles. The minimum atomic E-state index is -0.0318. The fourth-order valence-corrected chi connectivity index (χ4v) is 3.30. The number of aromatic nitrogens is 2. The van der Waals surface area contributed by atoms with Gasteiger partial charge >= 0.3 is 0 Å². The highest BCUT2D eigenvalue weighted by Crippen LogP contribution is 2.26. The van der Waals surface area contributed by atoms with Crippen LogP contribution in [0.4, 0.5) is 11.5 Å². The van der Waals surface area contributed by atoms with Crippen LogP contribution in [0.1, 0.15) is 11.4 Å². The molecule has 0 amide bonds. The average molecular weight is 341 g/mol. The van der Waals surface area contributed by atoms with Crippen molar-refractivity contribution in [1.82, 2.24) is 9.55 Å². The minimum Gasteiger partial charge on any atom is -0.341 e. The molecule has 4 aromatic rings. The van der Waals surface area contributed by atoms with Crippen molar-refractivity contribution in [3.8, 4) is 5.69 Å². The summed E-state index contributed by atoms with van der Waals surface area (Å²) in [6.45, 7) is 3.83. The van der Waals surface area contributed by atoms with E-state index in [1.54, 1.807) is 6.07 Å². The van der Waals surface area contributed by atoms with Crippen LogP contribution in [0, 0.1) is 13.8 Å². The standard InChI is InChI=1S/C22H19N3O/c1-15-13-19-22(16(2)23-15)20(26)14-21(24-17-9-5-3-6-10-17)25(19)18-11-7-4-8-12-18/h3-14,24H,1-2H3. The van der Waals surface area contributed by atoms with E-state index in [-0.39, 0.29) is 5.43 Å². The molecule has 0 aliphatic carbocycles. The van der Waals surface area contributed by atoms with Crippen molar-refractivity contribution in [2.45, 2.75) is 13.8 Å². The number of benzene rings is 2. The summed E-state index contributed by atoms with van der Waals surface area (Å²) in [5.74, 6) is 0.727. The molecule has 4 heteroatoms. The van der Waals surface area contributed by atoms with Crippen LogP contribution in [0.2, 0.25) is 0 Å². The summed E-state index contributed by atoms with van der Waals surface area (Å²) in [7, 11) is 0. The lowest BCUT2D eigenvalue weighted by Crippen LogP contribution is -2.14. The van der Waals surface area contributed by atoms with Gasteiger partial charge in [0.05, 0.1) is 16.6 Å². The number of para-hydroxylation sites is 2. The molecule has 0 radical (unpaired) electrons. The Bertz CT molecular complexity index is 1130. The first kappa shape index (κ1) is 16.1. The molecule has 0 bridgehead atoms. The number of nitrogens with one attached hydrogen (secondary N) is 1. The molecule has 26 heavy (non-hydrogen) atoms. The van der Waals surface area contributed by atoms with Crippen molar-refractivity contribution in [2.24, 2.45) is 0 Å². The van der Waals surface area contributed by atoms with Gasteiger partial charge in [-0.05, 0) is 44.2 Å². The summed E-state index contributed by atoms with van der Waals surface area (Å²) in [5, 5.41) is 4.04. The van der Waals surface area contributed by atoms with Crippen molar-refractivity contribution in [3.05, 3.63) is 94.4 Å². The lowest BCUT2D eigenvalue weighted by Gasteiger charge is -2.19. The number of rotatable bonds is 3. The van der Waals surface area contributed by atoms with E-state index in [0.717, 1.165) is 34.1 Å². The van der Waals surface area contributed by atoms with Gasteiger partial charge in [-0.3, -0.25) is 14.3 Å². The van der Waals surface area contributed by atoms with Crippen LogP contribution in [0.5, 0.6) is 0 Å². The maximum atomic E-state index is 12.8. The Kier molecular flexibility index (Phi) is 4.01. The molecule has 0 saturated heterocycles. The quantitative estimate of drug-likeness (QED) is 0.585. The third kappa shape index (κ3) is 2.86. The van der Waals surface area contributed by atoms with Crippen molar-refractivity contribution >= 4 is 22.4 Å². The van der Waals surface area contributed by atoms with Crippen LogP contribution in [0.25, 0.3) is 16.6 Å². The van der Waals surface area contributed by atoms with Crippen LogP contribution >= 0.6 is 0 Å². The number of anilines is 2. The van der Waals surface area contributed by atoms with E-state index in [0.29, 0.717) is 5.39 Å². The second-order valence-corrected chi connectivity index (χ2v) is 6.30. The normalized spacial score (nSPS) is 10.8. The number of hydrogen-bond donors (Lipinski definition) is 1. The van der Waals surface area contributed by atoms with Crippen LogP contribution < -0.4 is 10.7 Å². The first-order valence-corrected chi connectivity index (χ1v) is 8.55. The summed E-state index contributed by atoms with van der Waals surface area (Å²) < 4.78 is 2.07. The fourth-order valence-electron chi connectivity index (χ4n) is 3.30. The van der Waals surface area contributed by atoms with E-state index in [9.17, 15) is 4.79 Å². The van der Waals surface area contributed by atoms with E-state index in [2.05, 4.69) is 14.9 Å². The van der Waals surface area contributed by atoms with E-state index >= 15 is 0 Å². The van der Waals surface area contributed by atoms with Gasteiger partial charge in [0.2, 0.25) is 0 Å². The minimum absolute atomic E-state index is 0.0318. The number of nitrogens with zero attached hydrogens (tertiary/aromatic N) is 2. The van der Waals surface area contributed by atoms with Gasteiger partial charge in [-0.1, -0.05) is 36.4 Å². The number of hydrogen-bond acceptors (Lipinski definition) is 3. The molecule has 2 aromatic carbocycles. The van der Waals surface area contributed by atoms with Gasteiger partial charge in [0.1, 0.15) is 5.82 Å². The summed E-state index contributed by atoms with van der Waals surface area (Å²) in [4.78, 5) is 17.3. The summed E-state index contributed by atoms with van der Waals surface area (Å²) in [5.41, 5.74) is 4.37.